The predicted octanol–water partition coefficient (Wildman–Crippen LogP) is 4.98. The summed E-state index contributed by atoms with van der Waals surface area (Å²) in [6.07, 6.45) is 1.49. The smallest absolute Gasteiger partial charge is 0.381 e. The molecule has 0 saturated carbocycles. The van der Waals surface area contributed by atoms with Gasteiger partial charge in [0.25, 0.3) is 0 Å². The fourth-order valence-corrected chi connectivity index (χ4v) is 3.55. The highest BCUT2D eigenvalue weighted by Gasteiger charge is 2.25. The largest absolute Gasteiger partial charge is 0.404 e. The van der Waals surface area contributed by atoms with Crippen LogP contribution in [0, 0.1) is 5.95 Å². The van der Waals surface area contributed by atoms with Gasteiger partial charge in [-0.05, 0) is 18.9 Å². The monoisotopic (exact) mass is 361 g/mol. The van der Waals surface area contributed by atoms with Crippen molar-refractivity contribution in [1.82, 2.24) is 4.98 Å². The van der Waals surface area contributed by atoms with Crippen LogP contribution in [0.5, 0.6) is 5.88 Å². The second-order valence-corrected chi connectivity index (χ2v) is 7.50. The van der Waals surface area contributed by atoms with Gasteiger partial charge in [-0.3, -0.25) is 9.05 Å². The van der Waals surface area contributed by atoms with Crippen LogP contribution in [0.3, 0.4) is 0 Å². The molecule has 0 atom stereocenters. The average molecular weight is 362 g/mol. The van der Waals surface area contributed by atoms with Gasteiger partial charge in [0.2, 0.25) is 11.8 Å². The Morgan fingerprint density at radius 3 is 2.25 bits per heavy atom. The topological polar surface area (TPSA) is 40.6 Å². The first-order chi connectivity index (χ1) is 9.41. The maximum Gasteiger partial charge on any atom is 0.381 e. The van der Waals surface area contributed by atoms with Crippen LogP contribution in [-0.4, -0.2) is 18.2 Å². The van der Waals surface area contributed by atoms with Gasteiger partial charge < -0.3 is 4.52 Å². The van der Waals surface area contributed by atoms with Gasteiger partial charge in [0.05, 0.1) is 18.2 Å². The van der Waals surface area contributed by atoms with E-state index in [4.69, 9.17) is 48.6 Å². The molecule has 0 spiro atoms. The lowest BCUT2D eigenvalue weighted by Crippen LogP contribution is -2.05. The standard InChI is InChI=1S/C11H15Cl2FNO3PS/c1-3-5-16-19(20,17-6-4-2)18-11-9(13)7-8(12)10(14)15-11/h7H,3-6H2,1-2H3. The van der Waals surface area contributed by atoms with E-state index in [1.807, 2.05) is 13.8 Å². The second kappa shape index (κ2) is 8.47. The van der Waals surface area contributed by atoms with Gasteiger partial charge in [0, 0.05) is 11.8 Å². The molecule has 1 aromatic rings. The van der Waals surface area contributed by atoms with Gasteiger partial charge in [-0.1, -0.05) is 37.0 Å². The number of halogens is 3. The van der Waals surface area contributed by atoms with Crippen molar-refractivity contribution in [2.24, 2.45) is 0 Å². The average Bonchev–Trinajstić information content (AvgIpc) is 2.40. The van der Waals surface area contributed by atoms with Crippen LogP contribution in [0.15, 0.2) is 6.07 Å². The summed E-state index contributed by atoms with van der Waals surface area (Å²) in [7, 11) is 0. The minimum absolute atomic E-state index is 0.0471. The summed E-state index contributed by atoms with van der Waals surface area (Å²) < 4.78 is 29.6. The molecule has 0 aliphatic carbocycles. The Morgan fingerprint density at radius 1 is 1.20 bits per heavy atom. The van der Waals surface area contributed by atoms with Crippen LogP contribution < -0.4 is 4.52 Å². The number of pyridine rings is 1. The molecule has 114 valence electrons. The van der Waals surface area contributed by atoms with E-state index in [1.165, 1.54) is 6.07 Å². The van der Waals surface area contributed by atoms with Crippen LogP contribution in [0.2, 0.25) is 10.0 Å². The Hall–Kier alpha value is 0.0300. The third-order valence-electron chi connectivity index (χ3n) is 1.96. The zero-order valence-corrected chi connectivity index (χ0v) is 14.3. The van der Waals surface area contributed by atoms with Crippen molar-refractivity contribution in [2.45, 2.75) is 26.7 Å². The van der Waals surface area contributed by atoms with E-state index in [9.17, 15) is 4.39 Å². The van der Waals surface area contributed by atoms with Crippen molar-refractivity contribution in [3.63, 3.8) is 0 Å². The molecule has 1 aromatic heterocycles. The highest BCUT2D eigenvalue weighted by atomic mass is 35.5. The van der Waals surface area contributed by atoms with Crippen LogP contribution in [0.1, 0.15) is 26.7 Å². The second-order valence-electron chi connectivity index (χ2n) is 3.75. The number of rotatable bonds is 8. The maximum atomic E-state index is 13.4. The van der Waals surface area contributed by atoms with Gasteiger partial charge >= 0.3 is 6.72 Å². The van der Waals surface area contributed by atoms with Gasteiger partial charge in [-0.15, -0.1) is 0 Å². The van der Waals surface area contributed by atoms with Crippen LogP contribution in [0.25, 0.3) is 0 Å². The molecule has 0 aromatic carbocycles. The van der Waals surface area contributed by atoms with Gasteiger partial charge in [-0.2, -0.15) is 9.37 Å². The van der Waals surface area contributed by atoms with Crippen molar-refractivity contribution < 1.29 is 18.0 Å². The lowest BCUT2D eigenvalue weighted by atomic mass is 10.5. The summed E-state index contributed by atoms with van der Waals surface area (Å²) in [6.45, 7) is 1.53. The van der Waals surface area contributed by atoms with Crippen molar-refractivity contribution >= 4 is 41.7 Å². The Labute approximate surface area is 132 Å². The molecule has 1 heterocycles. The first-order valence-corrected chi connectivity index (χ1v) is 9.33. The normalized spacial score (nSPS) is 11.7. The lowest BCUT2D eigenvalue weighted by Gasteiger charge is -2.21. The molecule has 9 heteroatoms. The van der Waals surface area contributed by atoms with Crippen molar-refractivity contribution in [3.05, 3.63) is 22.1 Å². The van der Waals surface area contributed by atoms with Crippen molar-refractivity contribution in [2.75, 3.05) is 13.2 Å². The van der Waals surface area contributed by atoms with E-state index in [0.29, 0.717) is 13.2 Å². The molecule has 0 fully saturated rings. The number of nitrogens with zero attached hydrogens (tertiary/aromatic N) is 1. The van der Waals surface area contributed by atoms with Crippen LogP contribution in [-0.2, 0) is 20.9 Å². The first kappa shape index (κ1) is 18.1. The summed E-state index contributed by atoms with van der Waals surface area (Å²) in [5, 5.41) is -0.148. The summed E-state index contributed by atoms with van der Waals surface area (Å²) in [5.41, 5.74) is 0. The Kier molecular flexibility index (Phi) is 7.65. The molecule has 0 amide bonds. The van der Waals surface area contributed by atoms with Gasteiger partial charge in [0.1, 0.15) is 5.02 Å². The molecular weight excluding hydrogens is 347 g/mol. The van der Waals surface area contributed by atoms with E-state index in [1.54, 1.807) is 0 Å². The SMILES string of the molecule is CCCOP(=S)(OCCC)Oc1nc(F)c(Cl)cc1Cl. The van der Waals surface area contributed by atoms with E-state index < -0.39 is 12.7 Å². The zero-order chi connectivity index (χ0) is 15.2. The molecule has 0 N–H and O–H groups in total. The molecule has 0 saturated heterocycles. The summed E-state index contributed by atoms with van der Waals surface area (Å²) in [5.74, 6) is -1.07. The number of hydrogen-bond acceptors (Lipinski definition) is 5. The van der Waals surface area contributed by atoms with Crippen molar-refractivity contribution in [3.8, 4) is 5.88 Å². The summed E-state index contributed by atoms with van der Waals surface area (Å²) in [6, 6.07) is 1.19. The predicted molar refractivity (Wildman–Crippen MR) is 81.6 cm³/mol. The highest BCUT2D eigenvalue weighted by Crippen LogP contribution is 2.51. The molecule has 20 heavy (non-hydrogen) atoms. The van der Waals surface area contributed by atoms with Crippen LogP contribution in [0.4, 0.5) is 4.39 Å². The number of hydrogen-bond donors (Lipinski definition) is 0. The van der Waals surface area contributed by atoms with Gasteiger partial charge in [0.15, 0.2) is 0 Å². The Morgan fingerprint density at radius 2 is 1.75 bits per heavy atom. The lowest BCUT2D eigenvalue weighted by molar-refractivity contribution is 0.200. The molecular formula is C11H15Cl2FNO3PS. The molecule has 0 aliphatic heterocycles. The quantitative estimate of drug-likeness (QED) is 0.482. The first-order valence-electron chi connectivity index (χ1n) is 6.02. The minimum Gasteiger partial charge on any atom is -0.404 e. The fraction of sp³-hybridized carbons (Fsp3) is 0.545. The molecule has 1 rings (SSSR count). The Balaban J connectivity index is 2.94. The van der Waals surface area contributed by atoms with E-state index in [-0.39, 0.29) is 15.9 Å². The third kappa shape index (κ3) is 5.43. The van der Waals surface area contributed by atoms with Crippen LogP contribution >= 0.6 is 29.9 Å². The third-order valence-corrected chi connectivity index (χ3v) is 4.75. The van der Waals surface area contributed by atoms with E-state index in [0.717, 1.165) is 12.8 Å². The summed E-state index contributed by atoms with van der Waals surface area (Å²) >= 11 is 16.7. The molecule has 0 aliphatic rings. The van der Waals surface area contributed by atoms with Gasteiger partial charge in [-0.25, -0.2) is 0 Å². The number of aromatic nitrogens is 1. The molecule has 0 unspecified atom stereocenters. The molecule has 0 bridgehead atoms. The Bertz CT molecular complexity index is 495. The highest BCUT2D eigenvalue weighted by molar-refractivity contribution is 8.07. The van der Waals surface area contributed by atoms with Crippen molar-refractivity contribution in [1.29, 1.82) is 0 Å². The van der Waals surface area contributed by atoms with E-state index in [2.05, 4.69) is 4.98 Å². The van der Waals surface area contributed by atoms with E-state index >= 15 is 0 Å². The molecule has 0 radical (unpaired) electrons. The fourth-order valence-electron chi connectivity index (χ4n) is 1.09. The summed E-state index contributed by atoms with van der Waals surface area (Å²) in [4.78, 5) is 3.52. The maximum absolute atomic E-state index is 13.4. The molecule has 4 nitrogen and oxygen atoms in total. The minimum atomic E-state index is -3.06. The zero-order valence-electron chi connectivity index (χ0n) is 11.1.